The molecule has 1 spiro atoms. The minimum atomic E-state index is -0.566. The molecule has 28 heavy (non-hydrogen) atoms. The molecule has 1 saturated heterocycles. The molecule has 1 amide bonds. The summed E-state index contributed by atoms with van der Waals surface area (Å²) in [5.74, 6) is 0.505. The number of carbonyl (C=O) groups is 1. The van der Waals surface area contributed by atoms with Crippen LogP contribution in [0.2, 0.25) is 0 Å². The number of aromatic nitrogens is 3. The smallest absolute Gasteiger partial charge is 0.255 e. The van der Waals surface area contributed by atoms with Gasteiger partial charge in [0.1, 0.15) is 5.60 Å². The standard InChI is InChI=1S/C21H19N5O2/c27-19(15-5-4-9-22-11-15)26-10-8-21(14-26)18-16(13-28-21)12-23-20(25-18)24-17-6-2-1-3-7-17/h1-7,9,11-12H,8,10,13-14H2,(H,23,24,25). The molecule has 0 aliphatic carbocycles. The summed E-state index contributed by atoms with van der Waals surface area (Å²) in [5, 5.41) is 3.23. The van der Waals surface area contributed by atoms with Crippen molar-refractivity contribution >= 4 is 17.5 Å². The Bertz CT molecular complexity index is 1010. The molecule has 5 rings (SSSR count). The Morgan fingerprint density at radius 3 is 2.86 bits per heavy atom. The molecule has 1 N–H and O–H groups in total. The van der Waals surface area contributed by atoms with Gasteiger partial charge in [-0.05, 0) is 24.3 Å². The lowest BCUT2D eigenvalue weighted by Crippen LogP contribution is -2.35. The summed E-state index contributed by atoms with van der Waals surface area (Å²) >= 11 is 0. The number of benzene rings is 1. The van der Waals surface area contributed by atoms with Gasteiger partial charge in [0.25, 0.3) is 5.91 Å². The third-order valence-electron chi connectivity index (χ3n) is 5.26. The predicted octanol–water partition coefficient (Wildman–Crippen LogP) is 2.89. The van der Waals surface area contributed by atoms with Gasteiger partial charge in [0, 0.05) is 42.8 Å². The van der Waals surface area contributed by atoms with E-state index in [1.807, 2.05) is 41.4 Å². The molecule has 1 atom stereocenters. The lowest BCUT2D eigenvalue weighted by atomic mass is 9.98. The van der Waals surface area contributed by atoms with E-state index in [-0.39, 0.29) is 5.91 Å². The van der Waals surface area contributed by atoms with Crippen molar-refractivity contribution in [2.24, 2.45) is 0 Å². The van der Waals surface area contributed by atoms with Gasteiger partial charge in [-0.15, -0.1) is 0 Å². The van der Waals surface area contributed by atoms with E-state index >= 15 is 0 Å². The number of rotatable bonds is 3. The molecule has 1 aromatic carbocycles. The topological polar surface area (TPSA) is 80.2 Å². The van der Waals surface area contributed by atoms with E-state index in [0.717, 1.165) is 16.9 Å². The second kappa shape index (κ2) is 6.69. The van der Waals surface area contributed by atoms with Gasteiger partial charge in [-0.3, -0.25) is 9.78 Å². The van der Waals surface area contributed by atoms with Crippen LogP contribution >= 0.6 is 0 Å². The van der Waals surface area contributed by atoms with Crippen molar-refractivity contribution in [3.8, 4) is 0 Å². The zero-order chi connectivity index (χ0) is 19.0. The van der Waals surface area contributed by atoms with Gasteiger partial charge in [0.2, 0.25) is 5.95 Å². The van der Waals surface area contributed by atoms with E-state index in [2.05, 4.69) is 15.3 Å². The SMILES string of the molecule is O=C(c1cccnc1)N1CCC2(C1)OCc1cnc(Nc3ccccc3)nc12. The number of anilines is 2. The lowest BCUT2D eigenvalue weighted by Gasteiger charge is -2.24. The number of carbonyl (C=O) groups excluding carboxylic acids is 1. The fourth-order valence-corrected chi connectivity index (χ4v) is 3.84. The summed E-state index contributed by atoms with van der Waals surface area (Å²) < 4.78 is 6.15. The highest BCUT2D eigenvalue weighted by atomic mass is 16.5. The van der Waals surface area contributed by atoms with Crippen LogP contribution in [0.3, 0.4) is 0 Å². The van der Waals surface area contributed by atoms with Crippen LogP contribution in [0, 0.1) is 0 Å². The molecule has 2 aromatic heterocycles. The van der Waals surface area contributed by atoms with Crippen molar-refractivity contribution in [1.29, 1.82) is 0 Å². The van der Waals surface area contributed by atoms with Gasteiger partial charge in [-0.1, -0.05) is 18.2 Å². The number of nitrogens with one attached hydrogen (secondary N) is 1. The zero-order valence-electron chi connectivity index (χ0n) is 15.2. The third-order valence-corrected chi connectivity index (χ3v) is 5.26. The molecule has 7 nitrogen and oxygen atoms in total. The fraction of sp³-hybridized carbons (Fsp3) is 0.238. The van der Waals surface area contributed by atoms with Gasteiger partial charge in [-0.25, -0.2) is 9.97 Å². The Morgan fingerprint density at radius 2 is 2.04 bits per heavy atom. The Balaban J connectivity index is 1.40. The number of para-hydroxylation sites is 1. The van der Waals surface area contributed by atoms with Gasteiger partial charge in [0.15, 0.2) is 0 Å². The molecule has 0 bridgehead atoms. The number of ether oxygens (including phenoxy) is 1. The van der Waals surface area contributed by atoms with E-state index in [9.17, 15) is 4.79 Å². The first-order valence-electron chi connectivity index (χ1n) is 9.25. The second-order valence-electron chi connectivity index (χ2n) is 7.06. The van der Waals surface area contributed by atoms with Gasteiger partial charge >= 0.3 is 0 Å². The summed E-state index contributed by atoms with van der Waals surface area (Å²) in [6.45, 7) is 1.57. The van der Waals surface area contributed by atoms with Crippen LogP contribution in [0.15, 0.2) is 61.1 Å². The summed E-state index contributed by atoms with van der Waals surface area (Å²) in [4.78, 5) is 27.8. The molecule has 1 unspecified atom stereocenters. The van der Waals surface area contributed by atoms with E-state index < -0.39 is 5.60 Å². The van der Waals surface area contributed by atoms with Crippen LogP contribution in [-0.2, 0) is 16.9 Å². The molecule has 1 fully saturated rings. The van der Waals surface area contributed by atoms with Gasteiger partial charge < -0.3 is 15.0 Å². The van der Waals surface area contributed by atoms with Crippen molar-refractivity contribution in [2.75, 3.05) is 18.4 Å². The molecular weight excluding hydrogens is 354 g/mol. The van der Waals surface area contributed by atoms with Crippen molar-refractivity contribution in [2.45, 2.75) is 18.6 Å². The molecule has 2 aliphatic heterocycles. The minimum absolute atomic E-state index is 0.0290. The van der Waals surface area contributed by atoms with Crippen LogP contribution in [0.4, 0.5) is 11.6 Å². The average Bonchev–Trinajstić information content (AvgIpc) is 3.34. The van der Waals surface area contributed by atoms with E-state index in [1.165, 1.54) is 0 Å². The van der Waals surface area contributed by atoms with E-state index in [4.69, 9.17) is 9.72 Å². The maximum atomic E-state index is 12.8. The van der Waals surface area contributed by atoms with E-state index in [1.54, 1.807) is 24.5 Å². The second-order valence-corrected chi connectivity index (χ2v) is 7.06. The molecule has 7 heteroatoms. The van der Waals surface area contributed by atoms with Crippen LogP contribution in [0.1, 0.15) is 28.0 Å². The van der Waals surface area contributed by atoms with Crippen molar-refractivity contribution in [3.05, 3.63) is 77.9 Å². The fourth-order valence-electron chi connectivity index (χ4n) is 3.84. The largest absolute Gasteiger partial charge is 0.362 e. The quantitative estimate of drug-likeness (QED) is 0.760. The molecule has 4 heterocycles. The Morgan fingerprint density at radius 1 is 1.14 bits per heavy atom. The summed E-state index contributed by atoms with van der Waals surface area (Å²) in [6, 6.07) is 13.4. The first-order chi connectivity index (χ1) is 13.7. The zero-order valence-corrected chi connectivity index (χ0v) is 15.2. The normalized spacial score (nSPS) is 20.4. The number of hydrogen-bond donors (Lipinski definition) is 1. The number of pyridine rings is 1. The lowest BCUT2D eigenvalue weighted by molar-refractivity contribution is -0.0303. The number of likely N-dealkylation sites (tertiary alicyclic amines) is 1. The van der Waals surface area contributed by atoms with Crippen LogP contribution in [0.5, 0.6) is 0 Å². The van der Waals surface area contributed by atoms with E-state index in [0.29, 0.717) is 37.6 Å². The Kier molecular flexibility index (Phi) is 4.02. The van der Waals surface area contributed by atoms with Crippen molar-refractivity contribution in [1.82, 2.24) is 19.9 Å². The Labute approximate surface area is 162 Å². The molecular formula is C21H19N5O2. The third kappa shape index (κ3) is 2.90. The summed E-state index contributed by atoms with van der Waals surface area (Å²) in [7, 11) is 0. The number of fused-ring (bicyclic) bond motifs is 2. The Hall–Kier alpha value is -3.32. The maximum Gasteiger partial charge on any atom is 0.255 e. The highest BCUT2D eigenvalue weighted by molar-refractivity contribution is 5.94. The molecule has 0 saturated carbocycles. The monoisotopic (exact) mass is 373 g/mol. The molecule has 140 valence electrons. The van der Waals surface area contributed by atoms with Crippen molar-refractivity contribution < 1.29 is 9.53 Å². The molecule has 3 aromatic rings. The predicted molar refractivity (Wildman–Crippen MR) is 103 cm³/mol. The highest BCUT2D eigenvalue weighted by Crippen LogP contribution is 2.42. The first kappa shape index (κ1) is 16.8. The van der Waals surface area contributed by atoms with Crippen LogP contribution in [0.25, 0.3) is 0 Å². The molecule has 0 radical (unpaired) electrons. The maximum absolute atomic E-state index is 12.8. The van der Waals surface area contributed by atoms with Crippen LogP contribution in [-0.4, -0.2) is 38.8 Å². The van der Waals surface area contributed by atoms with Crippen LogP contribution < -0.4 is 5.32 Å². The summed E-state index contributed by atoms with van der Waals surface area (Å²) in [6.07, 6.45) is 5.79. The van der Waals surface area contributed by atoms with Gasteiger partial charge in [-0.2, -0.15) is 0 Å². The number of hydrogen-bond acceptors (Lipinski definition) is 6. The summed E-state index contributed by atoms with van der Waals surface area (Å²) in [5.41, 5.74) is 2.81. The number of nitrogens with zero attached hydrogens (tertiary/aromatic N) is 4. The molecule has 2 aliphatic rings. The first-order valence-corrected chi connectivity index (χ1v) is 9.25. The average molecular weight is 373 g/mol. The van der Waals surface area contributed by atoms with Gasteiger partial charge in [0.05, 0.1) is 24.4 Å². The minimum Gasteiger partial charge on any atom is -0.362 e. The highest BCUT2D eigenvalue weighted by Gasteiger charge is 2.48. The van der Waals surface area contributed by atoms with Crippen molar-refractivity contribution in [3.63, 3.8) is 0 Å². The number of amides is 1.